The number of alkyl carbamates (subject to hydrolysis) is 3. The Hall–Kier alpha value is -2.65. The molecule has 9 N–H and O–H groups in total. The molecule has 12 atom stereocenters. The number of ketones is 3. The fourth-order valence-electron chi connectivity index (χ4n) is 12.2. The first kappa shape index (κ1) is 104. The molecule has 30 nitrogen and oxygen atoms in total. The summed E-state index contributed by atoms with van der Waals surface area (Å²) in [6.07, 6.45) is 10.4. The summed E-state index contributed by atoms with van der Waals surface area (Å²) in [6, 6.07) is 3.75. The topological polar surface area (TPSA) is 486 Å². The van der Waals surface area contributed by atoms with Gasteiger partial charge in [-0.15, -0.1) is 0 Å². The van der Waals surface area contributed by atoms with Gasteiger partial charge in [-0.1, -0.05) is 143 Å². The molecule has 3 aliphatic heterocycles. The summed E-state index contributed by atoms with van der Waals surface area (Å²) in [5, 5.41) is 46.2. The molecule has 0 bridgehead atoms. The number of carbonyl (C=O) groups excluding carboxylic acids is 9. The molecule has 0 aliphatic carbocycles. The van der Waals surface area contributed by atoms with Crippen molar-refractivity contribution in [2.45, 2.75) is 251 Å². The van der Waals surface area contributed by atoms with Gasteiger partial charge in [0, 0.05) is 79.4 Å². The molecule has 3 heterocycles. The molecule has 0 saturated carbocycles. The van der Waals surface area contributed by atoms with Gasteiger partial charge in [-0.05, 0) is 106 Å². The molecule has 3 saturated heterocycles. The van der Waals surface area contributed by atoms with E-state index in [1.807, 2.05) is 41.5 Å². The van der Waals surface area contributed by atoms with Crippen LogP contribution in [-0.4, -0.2) is 175 Å². The monoisotopic (exact) mass is 1600 g/mol. The molecule has 0 spiro atoms. The predicted octanol–water partition coefficient (Wildman–Crippen LogP) is -2.14. The molecule has 0 aromatic heterocycles. The maximum absolute atomic E-state index is 13.1. The Morgan fingerprint density at radius 3 is 1.04 bits per heavy atom. The van der Waals surface area contributed by atoms with Gasteiger partial charge in [0.05, 0.1) is 31.3 Å². The third-order valence-electron chi connectivity index (χ3n) is 17.6. The zero-order valence-corrected chi connectivity index (χ0v) is 72.4. The van der Waals surface area contributed by atoms with Gasteiger partial charge in [-0.25, -0.2) is 39.6 Å². The standard InChI is InChI=1S/C25H46N2O8S.C22H31ClN2O8S.C21H38N2O8S.3Na/c1-4-5-6-7-8-9-10-11-14-35-25(31)27-21(15-18(2)3)22(28)17-20(24(30)36(32,33)34)16-19-12-13-26-23(19)29;1-13(2)8-18(25-22(29)33-12-14-4-3-5-17(23)9-14)19(26)11-16(21(28)34(30,31)32)10-15-6-7-24-20(15)27;1-4-5-6-7-10-31-21(27)23-17(11-14(2)3)18(24)13-16(20(26)32(28,29)30)12-15-8-9-22-19(15)25;;;/h18-21,24,30H,4-17H2,1-3H3,(H,26,29)(H,27,31)(H,32,33,34);3-5,9,13,15-16,18,21,28H,6-8,10-12H2,1-2H3,(H,24,27)(H,25,29)(H,30,31,32);14-17,20,26H,4-13H2,1-3H3,(H,22,25)(H,23,27)(H,28,29,30);;;/q;;;3*+1/p-3/t19-,20+,21-,24?;15-,16+,18-,21?;15-,16+,17-,20?;;;/m000.../s1. The number of aliphatic hydroxyl groups is 3. The van der Waals surface area contributed by atoms with E-state index in [0.717, 1.165) is 44.9 Å². The average molecular weight is 1600 g/mol. The second kappa shape index (κ2) is 54.9. The summed E-state index contributed by atoms with van der Waals surface area (Å²) in [5.41, 5.74) is -6.33. The van der Waals surface area contributed by atoms with E-state index in [4.69, 9.17) is 25.8 Å². The Bertz CT molecular complexity index is 3160. The van der Waals surface area contributed by atoms with Crippen LogP contribution in [0.15, 0.2) is 24.3 Å². The zero-order chi connectivity index (χ0) is 76.9. The van der Waals surface area contributed by atoms with Crippen molar-refractivity contribution in [3.8, 4) is 0 Å². The molecule has 3 unspecified atom stereocenters. The van der Waals surface area contributed by atoms with Gasteiger partial charge in [0.15, 0.2) is 17.3 Å². The number of aliphatic hydroxyl groups excluding tert-OH is 3. The maximum Gasteiger partial charge on any atom is 1.00 e. The Morgan fingerprint density at radius 1 is 0.486 bits per heavy atom. The number of hydrogen-bond acceptors (Lipinski definition) is 24. The number of amides is 6. The molecule has 3 fully saturated rings. The molecule has 586 valence electrons. The maximum atomic E-state index is 13.1. The Morgan fingerprint density at radius 2 is 0.771 bits per heavy atom. The number of Topliss-reactive ketones (excluding diaryl/α,β-unsaturated/α-hetero) is 3. The fraction of sp³-hybridized carbons (Fsp3) is 0.779. The Balaban J connectivity index is 0. The van der Waals surface area contributed by atoms with Crippen molar-refractivity contribution in [2.75, 3.05) is 32.8 Å². The van der Waals surface area contributed by atoms with Crippen LogP contribution in [0, 0.1) is 53.3 Å². The van der Waals surface area contributed by atoms with Crippen LogP contribution >= 0.6 is 11.6 Å². The van der Waals surface area contributed by atoms with Crippen molar-refractivity contribution >= 4 is 95.3 Å². The van der Waals surface area contributed by atoms with Crippen LogP contribution in [0.1, 0.15) is 215 Å². The van der Waals surface area contributed by atoms with Crippen molar-refractivity contribution in [2.24, 2.45) is 53.3 Å². The van der Waals surface area contributed by atoms with Crippen molar-refractivity contribution in [1.29, 1.82) is 0 Å². The van der Waals surface area contributed by atoms with Crippen LogP contribution in [0.4, 0.5) is 14.4 Å². The van der Waals surface area contributed by atoms with Crippen LogP contribution in [-0.2, 0) is 79.9 Å². The van der Waals surface area contributed by atoms with Crippen molar-refractivity contribution in [3.05, 3.63) is 34.9 Å². The number of hydrogen-bond donors (Lipinski definition) is 9. The SMILES string of the molecule is CC(C)C[C@H](NC(=O)OCc1cccc(Cl)c1)C(=O)C[C@@H](C[C@@H]1CCNC1=O)C(O)S(=O)(=O)[O-].CCCCCCCCCCOC(=O)N[C@@H](CC(C)C)C(=O)C[C@@H](C[C@@H]1CCNC1=O)C(O)S(=O)(=O)[O-].CCCCCCOC(=O)N[C@@H](CC(C)C)C(=O)C[C@@H](C[C@@H]1CCNC1=O)C(O)S(=O)(=O)[O-].[Na+].[Na+].[Na+]. The van der Waals surface area contributed by atoms with Crippen molar-refractivity contribution < 1.29 is 200 Å². The van der Waals surface area contributed by atoms with Crippen LogP contribution in [0.25, 0.3) is 0 Å². The number of rotatable bonds is 46. The normalized spacial score (nSPS) is 18.3. The first-order chi connectivity index (χ1) is 47.8. The summed E-state index contributed by atoms with van der Waals surface area (Å²) in [5.74, 6) is -8.09. The molecule has 1 aromatic rings. The molecular formula is C68H112ClN6Na3O24S3. The molecular weight excluding hydrogens is 1490 g/mol. The van der Waals surface area contributed by atoms with E-state index in [1.165, 1.54) is 25.7 Å². The summed E-state index contributed by atoms with van der Waals surface area (Å²) in [7, 11) is -15.3. The molecule has 3 aliphatic rings. The van der Waals surface area contributed by atoms with Crippen molar-refractivity contribution in [1.82, 2.24) is 31.9 Å². The third kappa shape index (κ3) is 44.3. The second-order valence-electron chi connectivity index (χ2n) is 28.0. The van der Waals surface area contributed by atoms with Gasteiger partial charge < -0.3 is 75.1 Å². The van der Waals surface area contributed by atoms with E-state index in [9.17, 15) is 97.4 Å². The van der Waals surface area contributed by atoms with E-state index >= 15 is 0 Å². The molecule has 4 rings (SSSR count). The smallest absolute Gasteiger partial charge is 0.746 e. The quantitative estimate of drug-likeness (QED) is 0.0146. The number of halogens is 1. The minimum Gasteiger partial charge on any atom is -0.746 e. The largest absolute Gasteiger partial charge is 1.00 e. The molecule has 37 heteroatoms. The number of carbonyl (C=O) groups is 9. The minimum atomic E-state index is -5.12. The number of ether oxygens (including phenoxy) is 3. The third-order valence-corrected chi connectivity index (χ3v) is 20.8. The summed E-state index contributed by atoms with van der Waals surface area (Å²) in [6.45, 7) is 16.9. The van der Waals surface area contributed by atoms with E-state index in [2.05, 4.69) is 45.7 Å². The van der Waals surface area contributed by atoms with Crippen LogP contribution < -0.4 is 121 Å². The summed E-state index contributed by atoms with van der Waals surface area (Å²) < 4.78 is 119. The van der Waals surface area contributed by atoms with Crippen LogP contribution in [0.5, 0.6) is 0 Å². The van der Waals surface area contributed by atoms with E-state index in [1.54, 1.807) is 24.3 Å². The van der Waals surface area contributed by atoms with Gasteiger partial charge in [-0.3, -0.25) is 28.8 Å². The number of unbranched alkanes of at least 4 members (excludes halogenated alkanes) is 10. The minimum absolute atomic E-state index is 0. The number of nitrogens with one attached hydrogen (secondary N) is 6. The van der Waals surface area contributed by atoms with Crippen LogP contribution in [0.2, 0.25) is 5.02 Å². The van der Waals surface area contributed by atoms with Gasteiger partial charge in [-0.2, -0.15) is 0 Å². The van der Waals surface area contributed by atoms with Crippen LogP contribution in [0.3, 0.4) is 0 Å². The summed E-state index contributed by atoms with van der Waals surface area (Å²) in [4.78, 5) is 112. The average Bonchev–Trinajstić information content (AvgIpc) is 1.84. The van der Waals surface area contributed by atoms with Gasteiger partial charge in [0.1, 0.15) is 53.3 Å². The fourth-order valence-corrected chi connectivity index (χ4v) is 14.4. The van der Waals surface area contributed by atoms with Gasteiger partial charge >= 0.3 is 107 Å². The first-order valence-corrected chi connectivity index (χ1v) is 40.4. The van der Waals surface area contributed by atoms with E-state index < -0.39 is 155 Å². The first-order valence-electron chi connectivity index (χ1n) is 35.6. The van der Waals surface area contributed by atoms with E-state index in [-0.39, 0.29) is 182 Å². The molecule has 1 aromatic carbocycles. The van der Waals surface area contributed by atoms with Crippen molar-refractivity contribution in [3.63, 3.8) is 0 Å². The van der Waals surface area contributed by atoms with Gasteiger partial charge in [0.25, 0.3) is 0 Å². The Labute approximate surface area is 692 Å². The predicted molar refractivity (Wildman–Crippen MR) is 374 cm³/mol. The Kier molecular flexibility index (Phi) is 54.6. The number of benzene rings is 1. The second-order valence-corrected chi connectivity index (χ2v) is 32.8. The molecule has 6 amide bonds. The van der Waals surface area contributed by atoms with Gasteiger partial charge in [0.2, 0.25) is 17.7 Å². The summed E-state index contributed by atoms with van der Waals surface area (Å²) >= 11 is 5.91. The zero-order valence-electron chi connectivity index (χ0n) is 63.2. The molecule has 0 radical (unpaired) electrons. The van der Waals surface area contributed by atoms with E-state index in [0.29, 0.717) is 55.9 Å². The molecule has 105 heavy (non-hydrogen) atoms.